The van der Waals surface area contributed by atoms with Crippen molar-refractivity contribution in [3.8, 4) is 22.8 Å². The molecule has 2 aromatic carbocycles. The first-order chi connectivity index (χ1) is 18.9. The zero-order valence-electron chi connectivity index (χ0n) is 22.8. The van der Waals surface area contributed by atoms with Gasteiger partial charge in [0.25, 0.3) is 0 Å². The van der Waals surface area contributed by atoms with Crippen molar-refractivity contribution >= 4 is 22.8 Å². The third-order valence-corrected chi connectivity index (χ3v) is 7.39. The number of hydrogen-bond donors (Lipinski definition) is 3. The molecule has 0 bridgehead atoms. The molecule has 1 fully saturated rings. The van der Waals surface area contributed by atoms with Crippen LogP contribution in [0.3, 0.4) is 0 Å². The number of carbonyl (C=O) groups is 1. The van der Waals surface area contributed by atoms with E-state index in [4.69, 9.17) is 15.6 Å². The zero-order chi connectivity index (χ0) is 27.4. The summed E-state index contributed by atoms with van der Waals surface area (Å²) in [4.78, 5) is 21.6. The Morgan fingerprint density at radius 2 is 1.72 bits per heavy atom. The van der Waals surface area contributed by atoms with Crippen LogP contribution >= 0.6 is 0 Å². The summed E-state index contributed by atoms with van der Waals surface area (Å²) in [6, 6.07) is 17.7. The van der Waals surface area contributed by atoms with Gasteiger partial charge in [0.1, 0.15) is 29.3 Å². The van der Waals surface area contributed by atoms with E-state index in [1.807, 2.05) is 66.3 Å². The molecule has 1 saturated carbocycles. The van der Waals surface area contributed by atoms with Gasteiger partial charge in [-0.05, 0) is 81.5 Å². The fourth-order valence-electron chi connectivity index (χ4n) is 5.35. The van der Waals surface area contributed by atoms with Crippen molar-refractivity contribution in [2.45, 2.75) is 64.1 Å². The number of nitrogens with one attached hydrogen (secondary N) is 2. The summed E-state index contributed by atoms with van der Waals surface area (Å²) in [6.45, 7) is 4.27. The number of hydrogen-bond acceptors (Lipinski definition) is 7. The first kappa shape index (κ1) is 26.6. The molecule has 1 atom stereocenters. The molecule has 1 amide bonds. The SMILES string of the molecule is CN[C@H](CC(C)C)C(=O)N[C@H]1CC[C@H](n2nc(-c3ccc(Oc4ccccc4)cc3)c3c(N)ncnc32)CC1. The van der Waals surface area contributed by atoms with Crippen LogP contribution in [-0.4, -0.2) is 44.8 Å². The van der Waals surface area contributed by atoms with E-state index in [9.17, 15) is 4.79 Å². The van der Waals surface area contributed by atoms with E-state index in [0.29, 0.717) is 11.7 Å². The number of amides is 1. The van der Waals surface area contributed by atoms with Crippen LogP contribution < -0.4 is 21.1 Å². The molecule has 0 radical (unpaired) electrons. The highest BCUT2D eigenvalue weighted by Crippen LogP contribution is 2.36. The molecule has 1 aliphatic carbocycles. The monoisotopic (exact) mass is 527 g/mol. The lowest BCUT2D eigenvalue weighted by Crippen LogP contribution is -2.48. The number of nitrogens with zero attached hydrogens (tertiary/aromatic N) is 4. The number of aromatic nitrogens is 4. The fourth-order valence-corrected chi connectivity index (χ4v) is 5.35. The van der Waals surface area contributed by atoms with Crippen LogP contribution in [0.1, 0.15) is 52.0 Å². The normalized spacial score (nSPS) is 18.3. The smallest absolute Gasteiger partial charge is 0.237 e. The maximum absolute atomic E-state index is 12.8. The molecule has 0 saturated heterocycles. The van der Waals surface area contributed by atoms with Crippen molar-refractivity contribution in [3.05, 3.63) is 60.9 Å². The number of ether oxygens (including phenoxy) is 1. The molecular formula is C30H37N7O2. The Hall–Kier alpha value is -3.98. The minimum absolute atomic E-state index is 0.0849. The highest BCUT2D eigenvalue weighted by atomic mass is 16.5. The number of carbonyl (C=O) groups excluding carboxylic acids is 1. The number of likely N-dealkylation sites (N-methyl/N-ethyl adjacent to an activating group) is 1. The number of nitrogens with two attached hydrogens (primary N) is 1. The van der Waals surface area contributed by atoms with Gasteiger partial charge in [0.2, 0.25) is 5.91 Å². The summed E-state index contributed by atoms with van der Waals surface area (Å²) in [5.41, 5.74) is 8.76. The number of benzene rings is 2. The molecule has 2 aromatic heterocycles. The summed E-state index contributed by atoms with van der Waals surface area (Å²) in [6.07, 6.45) is 5.87. The van der Waals surface area contributed by atoms with Crippen molar-refractivity contribution in [2.24, 2.45) is 5.92 Å². The van der Waals surface area contributed by atoms with Crippen LogP contribution in [0.5, 0.6) is 11.5 Å². The second-order valence-corrected chi connectivity index (χ2v) is 10.7. The molecule has 4 N–H and O–H groups in total. The Kier molecular flexibility index (Phi) is 8.07. The van der Waals surface area contributed by atoms with Gasteiger partial charge in [-0.2, -0.15) is 5.10 Å². The Morgan fingerprint density at radius 1 is 1.03 bits per heavy atom. The van der Waals surface area contributed by atoms with Crippen LogP contribution in [0, 0.1) is 5.92 Å². The minimum atomic E-state index is -0.163. The Labute approximate surface area is 229 Å². The molecule has 4 aromatic rings. The van der Waals surface area contributed by atoms with Crippen molar-refractivity contribution in [1.82, 2.24) is 30.4 Å². The summed E-state index contributed by atoms with van der Waals surface area (Å²) < 4.78 is 7.95. The zero-order valence-corrected chi connectivity index (χ0v) is 22.8. The number of rotatable bonds is 9. The molecule has 5 rings (SSSR count). The molecule has 9 nitrogen and oxygen atoms in total. The van der Waals surface area contributed by atoms with E-state index in [-0.39, 0.29) is 24.0 Å². The van der Waals surface area contributed by atoms with Crippen LogP contribution in [0.2, 0.25) is 0 Å². The largest absolute Gasteiger partial charge is 0.457 e. The van der Waals surface area contributed by atoms with Gasteiger partial charge in [-0.25, -0.2) is 14.6 Å². The maximum Gasteiger partial charge on any atom is 0.237 e. The van der Waals surface area contributed by atoms with Crippen LogP contribution in [0.15, 0.2) is 60.9 Å². The van der Waals surface area contributed by atoms with Crippen LogP contribution in [0.25, 0.3) is 22.3 Å². The maximum atomic E-state index is 12.8. The Morgan fingerprint density at radius 3 is 2.38 bits per heavy atom. The molecule has 0 spiro atoms. The molecule has 1 aliphatic rings. The third kappa shape index (κ3) is 6.04. The predicted molar refractivity (Wildman–Crippen MR) is 153 cm³/mol. The molecule has 39 heavy (non-hydrogen) atoms. The lowest BCUT2D eigenvalue weighted by atomic mass is 9.90. The van der Waals surface area contributed by atoms with E-state index >= 15 is 0 Å². The first-order valence-electron chi connectivity index (χ1n) is 13.7. The van der Waals surface area contributed by atoms with Gasteiger partial charge in [0, 0.05) is 11.6 Å². The van der Waals surface area contributed by atoms with Gasteiger partial charge in [-0.15, -0.1) is 0 Å². The van der Waals surface area contributed by atoms with Crippen LogP contribution in [-0.2, 0) is 4.79 Å². The highest BCUT2D eigenvalue weighted by Gasteiger charge is 2.29. The Bertz CT molecular complexity index is 1390. The number of anilines is 1. The molecule has 9 heteroatoms. The average Bonchev–Trinajstić information content (AvgIpc) is 3.34. The number of para-hydroxylation sites is 1. The predicted octanol–water partition coefficient (Wildman–Crippen LogP) is 5.10. The lowest BCUT2D eigenvalue weighted by molar-refractivity contribution is -0.124. The minimum Gasteiger partial charge on any atom is -0.457 e. The average molecular weight is 528 g/mol. The molecular weight excluding hydrogens is 490 g/mol. The molecule has 0 aliphatic heterocycles. The fraction of sp³-hybridized carbons (Fsp3) is 0.400. The molecule has 2 heterocycles. The molecule has 204 valence electrons. The highest BCUT2D eigenvalue weighted by molar-refractivity contribution is 5.98. The van der Waals surface area contributed by atoms with Crippen molar-refractivity contribution in [1.29, 1.82) is 0 Å². The summed E-state index contributed by atoms with van der Waals surface area (Å²) in [7, 11) is 1.85. The third-order valence-electron chi connectivity index (χ3n) is 7.39. The first-order valence-corrected chi connectivity index (χ1v) is 13.7. The topological polar surface area (TPSA) is 120 Å². The van der Waals surface area contributed by atoms with E-state index < -0.39 is 0 Å². The van der Waals surface area contributed by atoms with Crippen LogP contribution in [0.4, 0.5) is 5.82 Å². The van der Waals surface area contributed by atoms with E-state index in [1.165, 1.54) is 6.33 Å². The van der Waals surface area contributed by atoms with Crippen molar-refractivity contribution < 1.29 is 9.53 Å². The quantitative estimate of drug-likeness (QED) is 0.277. The van der Waals surface area contributed by atoms with Crippen molar-refractivity contribution in [3.63, 3.8) is 0 Å². The second-order valence-electron chi connectivity index (χ2n) is 10.7. The second kappa shape index (κ2) is 11.8. The summed E-state index contributed by atoms with van der Waals surface area (Å²) in [5.74, 6) is 2.47. The number of nitrogen functional groups attached to an aromatic ring is 1. The lowest BCUT2D eigenvalue weighted by Gasteiger charge is -2.30. The molecule has 0 unspecified atom stereocenters. The number of fused-ring (bicyclic) bond motifs is 1. The summed E-state index contributed by atoms with van der Waals surface area (Å²) in [5, 5.41) is 12.2. The van der Waals surface area contributed by atoms with Gasteiger partial charge in [0.05, 0.1) is 17.5 Å². The van der Waals surface area contributed by atoms with E-state index in [1.54, 1.807) is 0 Å². The van der Waals surface area contributed by atoms with Gasteiger partial charge >= 0.3 is 0 Å². The van der Waals surface area contributed by atoms with Gasteiger partial charge < -0.3 is 21.1 Å². The van der Waals surface area contributed by atoms with Gasteiger partial charge in [-0.1, -0.05) is 32.0 Å². The van der Waals surface area contributed by atoms with Gasteiger partial charge in [-0.3, -0.25) is 4.79 Å². The standard InChI is InChI=1S/C30H37N7O2/c1-19(2)17-25(32-3)30(38)35-21-11-13-22(14-12-21)37-29-26(28(31)33-18-34-29)27(36-37)20-9-15-24(16-10-20)39-23-7-5-4-6-8-23/h4-10,15-16,18-19,21-22,25,32H,11-14,17H2,1-3H3,(H,35,38)(H2,31,33,34)/t21-,22-,25-/m1/s1. The van der Waals surface area contributed by atoms with E-state index in [0.717, 1.165) is 65.9 Å². The van der Waals surface area contributed by atoms with Crippen molar-refractivity contribution in [2.75, 3.05) is 12.8 Å². The summed E-state index contributed by atoms with van der Waals surface area (Å²) >= 11 is 0. The van der Waals surface area contributed by atoms with Gasteiger partial charge in [0.15, 0.2) is 5.65 Å². The Balaban J connectivity index is 1.32. The van der Waals surface area contributed by atoms with E-state index in [2.05, 4.69) is 34.4 Å².